The van der Waals surface area contributed by atoms with Gasteiger partial charge in [-0.3, -0.25) is 18.5 Å². The lowest BCUT2D eigenvalue weighted by atomic mass is 10.1. The van der Waals surface area contributed by atoms with E-state index >= 15 is 0 Å². The van der Waals surface area contributed by atoms with Crippen molar-refractivity contribution in [2.75, 3.05) is 72.3 Å². The zero-order valence-corrected chi connectivity index (χ0v) is 47.8. The second-order valence-electron chi connectivity index (χ2n) is 20.9. The minimum absolute atomic E-state index is 0.322. The molecule has 0 fully saturated rings. The summed E-state index contributed by atoms with van der Waals surface area (Å²) >= 11 is 0. The number of hydrogen-bond acceptors (Lipinski definition) is 7. The van der Waals surface area contributed by atoms with Crippen LogP contribution in [-0.2, 0) is 18.1 Å². The van der Waals surface area contributed by atoms with E-state index in [9.17, 15) is 4.57 Å². The monoisotopic (exact) mass is 970 g/mol. The van der Waals surface area contributed by atoms with E-state index in [0.717, 1.165) is 65.2 Å². The number of phosphoric acid groups is 1. The average molecular weight is 971 g/mol. The van der Waals surface area contributed by atoms with E-state index in [4.69, 9.17) is 13.6 Å². The van der Waals surface area contributed by atoms with Gasteiger partial charge in [0.05, 0.1) is 13.2 Å². The van der Waals surface area contributed by atoms with Gasteiger partial charge in [0, 0.05) is 26.2 Å². The number of phosphoric ester groups is 1. The average Bonchev–Trinajstić information content (AvgIpc) is 3.33. The molecule has 0 saturated carbocycles. The van der Waals surface area contributed by atoms with Crippen molar-refractivity contribution in [3.63, 3.8) is 0 Å². The van der Waals surface area contributed by atoms with Crippen molar-refractivity contribution in [2.45, 2.75) is 311 Å². The van der Waals surface area contributed by atoms with Crippen LogP contribution >= 0.6 is 7.82 Å². The molecule has 0 N–H and O–H groups in total. The van der Waals surface area contributed by atoms with Gasteiger partial charge >= 0.3 is 7.82 Å². The van der Waals surface area contributed by atoms with Gasteiger partial charge < -0.3 is 9.80 Å². The van der Waals surface area contributed by atoms with Crippen molar-refractivity contribution < 1.29 is 18.1 Å². The molecule has 0 aromatic carbocycles. The van der Waals surface area contributed by atoms with Crippen LogP contribution in [0.15, 0.2) is 0 Å². The summed E-state index contributed by atoms with van der Waals surface area (Å²) in [4.78, 5) is 7.59. The molecular weight excluding hydrogens is 846 g/mol. The third-order valence-electron chi connectivity index (χ3n) is 14.2. The zero-order chi connectivity index (χ0) is 48.8. The van der Waals surface area contributed by atoms with Crippen LogP contribution in [0.3, 0.4) is 0 Å². The largest absolute Gasteiger partial charge is 0.476 e. The predicted octanol–water partition coefficient (Wildman–Crippen LogP) is 19.5. The van der Waals surface area contributed by atoms with Crippen molar-refractivity contribution >= 4 is 7.82 Å². The number of rotatable bonds is 59. The van der Waals surface area contributed by atoms with Gasteiger partial charge in [-0.15, -0.1) is 0 Å². The van der Waals surface area contributed by atoms with Gasteiger partial charge in [-0.2, -0.15) is 0 Å². The minimum Gasteiger partial charge on any atom is -0.301 e. The normalized spacial score (nSPS) is 12.3. The zero-order valence-electron chi connectivity index (χ0n) is 46.9. The van der Waals surface area contributed by atoms with Crippen LogP contribution in [0.25, 0.3) is 0 Å². The molecule has 0 amide bonds. The highest BCUT2D eigenvalue weighted by Crippen LogP contribution is 2.49. The van der Waals surface area contributed by atoms with Crippen molar-refractivity contribution in [1.29, 1.82) is 0 Å². The Morgan fingerprint density at radius 1 is 0.239 bits per heavy atom. The van der Waals surface area contributed by atoms with E-state index < -0.39 is 7.82 Å². The molecule has 0 unspecified atom stereocenters. The summed E-state index contributed by atoms with van der Waals surface area (Å²) < 4.78 is 34.1. The molecule has 0 aromatic rings. The molecule has 0 rings (SSSR count). The van der Waals surface area contributed by atoms with Gasteiger partial charge in [-0.1, -0.05) is 273 Å². The summed E-state index contributed by atoms with van der Waals surface area (Å²) in [6, 6.07) is 0. The van der Waals surface area contributed by atoms with Crippen LogP contribution < -0.4 is 0 Å². The third-order valence-corrected chi connectivity index (χ3v) is 15.6. The Hall–Kier alpha value is -0.0100. The van der Waals surface area contributed by atoms with Crippen molar-refractivity contribution in [3.05, 3.63) is 0 Å². The van der Waals surface area contributed by atoms with E-state index in [1.54, 1.807) is 0 Å². The Morgan fingerprint density at radius 2 is 0.433 bits per heavy atom. The second kappa shape index (κ2) is 55.3. The highest BCUT2D eigenvalue weighted by molar-refractivity contribution is 7.48. The molecule has 0 bridgehead atoms. The SMILES string of the molecule is CCCCCCCCCN(CCCCCCCCC)CCOP(=O)(OCCN(CCCCCCCCC)CCCCCCCCC)OCN(CCCCCCCCC)CCCCCCCCC. The summed E-state index contributed by atoms with van der Waals surface area (Å²) in [5.41, 5.74) is 0. The first-order chi connectivity index (χ1) is 33.0. The maximum atomic E-state index is 14.8. The first-order valence-corrected chi connectivity index (χ1v) is 32.1. The summed E-state index contributed by atoms with van der Waals surface area (Å²) in [5.74, 6) is 0. The number of nitrogens with zero attached hydrogens (tertiary/aromatic N) is 3. The van der Waals surface area contributed by atoms with Crippen LogP contribution in [0.1, 0.15) is 311 Å². The lowest BCUT2D eigenvalue weighted by molar-refractivity contribution is 0.0480. The number of hydrogen-bond donors (Lipinski definition) is 0. The Labute approximate surface area is 422 Å². The molecule has 0 aliphatic carbocycles. The van der Waals surface area contributed by atoms with Crippen LogP contribution in [0.2, 0.25) is 0 Å². The molecule has 67 heavy (non-hydrogen) atoms. The first-order valence-electron chi connectivity index (χ1n) is 30.7. The molecule has 404 valence electrons. The molecule has 7 nitrogen and oxygen atoms in total. The highest BCUT2D eigenvalue weighted by Gasteiger charge is 2.28. The van der Waals surface area contributed by atoms with E-state index in [2.05, 4.69) is 56.2 Å². The topological polar surface area (TPSA) is 54.5 Å². The van der Waals surface area contributed by atoms with Gasteiger partial charge in [-0.05, 0) is 64.7 Å². The van der Waals surface area contributed by atoms with Crippen molar-refractivity contribution in [3.8, 4) is 0 Å². The van der Waals surface area contributed by atoms with Crippen molar-refractivity contribution in [1.82, 2.24) is 14.7 Å². The van der Waals surface area contributed by atoms with Crippen LogP contribution in [0.4, 0.5) is 0 Å². The van der Waals surface area contributed by atoms with Crippen LogP contribution in [0.5, 0.6) is 0 Å². The van der Waals surface area contributed by atoms with Crippen LogP contribution in [-0.4, -0.2) is 87.0 Å². The quantitative estimate of drug-likeness (QED) is 0.0342. The van der Waals surface area contributed by atoms with Crippen LogP contribution in [0, 0.1) is 0 Å². The maximum Gasteiger partial charge on any atom is 0.476 e. The molecule has 0 heterocycles. The summed E-state index contributed by atoms with van der Waals surface area (Å²) in [7, 11) is -3.79. The fourth-order valence-electron chi connectivity index (χ4n) is 9.49. The Bertz CT molecular complexity index is 871. The van der Waals surface area contributed by atoms with Gasteiger partial charge in [0.1, 0.15) is 6.73 Å². The fraction of sp³-hybridized carbons (Fsp3) is 1.00. The Kier molecular flexibility index (Phi) is 55.3. The maximum absolute atomic E-state index is 14.8. The van der Waals surface area contributed by atoms with Gasteiger partial charge in [0.25, 0.3) is 0 Å². The molecule has 0 saturated heterocycles. The van der Waals surface area contributed by atoms with Gasteiger partial charge in [0.2, 0.25) is 0 Å². The number of unbranched alkanes of at least 4 members (excludes halogenated alkanes) is 36. The van der Waals surface area contributed by atoms with Crippen molar-refractivity contribution in [2.24, 2.45) is 0 Å². The lowest BCUT2D eigenvalue weighted by Gasteiger charge is -2.27. The highest BCUT2D eigenvalue weighted by atomic mass is 31.2. The molecule has 0 aliphatic rings. The Morgan fingerprint density at radius 3 is 0.657 bits per heavy atom. The smallest absolute Gasteiger partial charge is 0.301 e. The lowest BCUT2D eigenvalue weighted by Crippen LogP contribution is -2.32. The molecule has 8 heteroatoms. The standard InChI is InChI=1S/C59H124N3O4P/c1-7-13-19-25-31-37-43-49-60(50-44-38-32-26-20-14-8-2)55-57-64-67(63,66-59-62(53-47-41-35-29-23-17-11-5)54-48-42-36-30-24-18-12-6)65-58-56-61(51-45-39-33-27-21-15-9-3)52-46-40-34-28-22-16-10-4/h7-59H2,1-6H3. The molecule has 0 radical (unpaired) electrons. The Balaban J connectivity index is 5.89. The summed E-state index contributed by atoms with van der Waals surface area (Å²) in [5, 5.41) is 0. The summed E-state index contributed by atoms with van der Waals surface area (Å²) in [6.45, 7) is 22.8. The van der Waals surface area contributed by atoms with Gasteiger partial charge in [0.15, 0.2) is 0 Å². The van der Waals surface area contributed by atoms with E-state index in [1.165, 1.54) is 257 Å². The fourth-order valence-corrected chi connectivity index (χ4v) is 10.6. The van der Waals surface area contributed by atoms with Gasteiger partial charge in [-0.25, -0.2) is 4.57 Å². The third kappa shape index (κ3) is 49.4. The molecule has 0 spiro atoms. The van der Waals surface area contributed by atoms with E-state index in [1.807, 2.05) is 0 Å². The first kappa shape index (κ1) is 67.0. The molecule has 0 aromatic heterocycles. The van der Waals surface area contributed by atoms with E-state index in [0.29, 0.717) is 19.9 Å². The minimum atomic E-state index is -3.79. The predicted molar refractivity (Wildman–Crippen MR) is 298 cm³/mol. The second-order valence-corrected chi connectivity index (χ2v) is 22.6. The molecule has 0 atom stereocenters. The molecular formula is C59H124N3O4P. The molecule has 0 aliphatic heterocycles. The van der Waals surface area contributed by atoms with E-state index in [-0.39, 0.29) is 0 Å². The summed E-state index contributed by atoms with van der Waals surface area (Å²) in [6.07, 6.45) is 55.1.